The van der Waals surface area contributed by atoms with Crippen molar-refractivity contribution in [2.45, 2.75) is 39.0 Å². The van der Waals surface area contributed by atoms with Crippen molar-refractivity contribution in [1.82, 2.24) is 29.2 Å². The molecule has 27 heavy (non-hydrogen) atoms. The Kier molecular flexibility index (Phi) is 5.13. The Morgan fingerprint density at radius 2 is 1.74 bits per heavy atom. The predicted octanol–water partition coefficient (Wildman–Crippen LogP) is 0.914. The number of aromatic nitrogens is 4. The summed E-state index contributed by atoms with van der Waals surface area (Å²) in [5, 5.41) is 11.0. The van der Waals surface area contributed by atoms with Crippen LogP contribution in [0, 0.1) is 27.7 Å². The molecule has 1 aliphatic rings. The van der Waals surface area contributed by atoms with E-state index in [1.807, 2.05) is 20.9 Å². The van der Waals surface area contributed by atoms with E-state index in [4.69, 9.17) is 0 Å². The van der Waals surface area contributed by atoms with Crippen LogP contribution in [0.15, 0.2) is 4.90 Å². The Morgan fingerprint density at radius 3 is 2.30 bits per heavy atom. The second-order valence-corrected chi connectivity index (χ2v) is 8.86. The molecule has 0 aromatic carbocycles. The second-order valence-electron chi connectivity index (χ2n) is 6.98. The standard InChI is InChI=1S/C17H26N6O3S/c1-11-15(14(4)21(5)20-11)17(24)22-7-6-8-23(10-9-22)27(25,26)16-12(2)18-19-13(16)3/h6-10H2,1-5H3,(H,18,19). The molecular weight excluding hydrogens is 368 g/mol. The maximum Gasteiger partial charge on any atom is 0.257 e. The molecule has 0 saturated carbocycles. The fraction of sp³-hybridized carbons (Fsp3) is 0.588. The summed E-state index contributed by atoms with van der Waals surface area (Å²) in [6.45, 7) is 8.57. The van der Waals surface area contributed by atoms with Gasteiger partial charge in [-0.15, -0.1) is 0 Å². The van der Waals surface area contributed by atoms with Crippen molar-refractivity contribution in [3.63, 3.8) is 0 Å². The first kappa shape index (κ1) is 19.6. The van der Waals surface area contributed by atoms with E-state index < -0.39 is 10.0 Å². The minimum Gasteiger partial charge on any atom is -0.337 e. The van der Waals surface area contributed by atoms with E-state index in [1.54, 1.807) is 23.4 Å². The van der Waals surface area contributed by atoms with Crippen LogP contribution in [0.5, 0.6) is 0 Å². The topological polar surface area (TPSA) is 104 Å². The van der Waals surface area contributed by atoms with Crippen LogP contribution in [-0.2, 0) is 17.1 Å². The minimum atomic E-state index is -3.64. The molecule has 0 atom stereocenters. The van der Waals surface area contributed by atoms with Gasteiger partial charge in [-0.3, -0.25) is 14.6 Å². The summed E-state index contributed by atoms with van der Waals surface area (Å²) in [6, 6.07) is 0. The number of carbonyl (C=O) groups excluding carboxylic acids is 1. The average molecular weight is 395 g/mol. The molecular formula is C17H26N6O3S. The minimum absolute atomic E-state index is 0.0898. The Labute approximate surface area is 159 Å². The molecule has 0 unspecified atom stereocenters. The number of nitrogens with zero attached hydrogens (tertiary/aromatic N) is 5. The van der Waals surface area contributed by atoms with E-state index in [2.05, 4.69) is 15.3 Å². The third kappa shape index (κ3) is 3.39. The van der Waals surface area contributed by atoms with Crippen molar-refractivity contribution in [2.75, 3.05) is 26.2 Å². The normalized spacial score (nSPS) is 16.6. The van der Waals surface area contributed by atoms with Crippen molar-refractivity contribution in [3.8, 4) is 0 Å². The first-order valence-corrected chi connectivity index (χ1v) is 10.4. The van der Waals surface area contributed by atoms with Crippen LogP contribution in [0.3, 0.4) is 0 Å². The van der Waals surface area contributed by atoms with Crippen LogP contribution in [-0.4, -0.2) is 69.7 Å². The summed E-state index contributed by atoms with van der Waals surface area (Å²) >= 11 is 0. The lowest BCUT2D eigenvalue weighted by Gasteiger charge is -2.22. The first-order valence-electron chi connectivity index (χ1n) is 8.95. The van der Waals surface area contributed by atoms with Crippen molar-refractivity contribution < 1.29 is 13.2 Å². The van der Waals surface area contributed by atoms with E-state index in [1.165, 1.54) is 4.31 Å². The number of hydrogen-bond acceptors (Lipinski definition) is 5. The largest absolute Gasteiger partial charge is 0.337 e. The molecule has 1 saturated heterocycles. The van der Waals surface area contributed by atoms with Crippen molar-refractivity contribution >= 4 is 15.9 Å². The van der Waals surface area contributed by atoms with E-state index in [9.17, 15) is 13.2 Å². The molecule has 2 aromatic rings. The highest BCUT2D eigenvalue weighted by molar-refractivity contribution is 7.89. The van der Waals surface area contributed by atoms with Gasteiger partial charge < -0.3 is 4.90 Å². The van der Waals surface area contributed by atoms with Crippen LogP contribution in [0.4, 0.5) is 0 Å². The van der Waals surface area contributed by atoms with E-state index in [0.717, 1.165) is 5.69 Å². The number of H-pyrrole nitrogens is 1. The first-order chi connectivity index (χ1) is 12.6. The van der Waals surface area contributed by atoms with E-state index >= 15 is 0 Å². The zero-order valence-corrected chi connectivity index (χ0v) is 17.2. The predicted molar refractivity (Wildman–Crippen MR) is 100 cm³/mol. The summed E-state index contributed by atoms with van der Waals surface area (Å²) < 4.78 is 29.2. The molecule has 148 valence electrons. The number of amides is 1. The number of rotatable bonds is 3. The number of hydrogen-bond donors (Lipinski definition) is 1. The molecule has 0 aliphatic carbocycles. The Morgan fingerprint density at radius 1 is 1.04 bits per heavy atom. The Balaban J connectivity index is 1.81. The highest BCUT2D eigenvalue weighted by Gasteiger charge is 2.32. The lowest BCUT2D eigenvalue weighted by molar-refractivity contribution is 0.0762. The van der Waals surface area contributed by atoms with Gasteiger partial charge in [0.05, 0.1) is 22.6 Å². The Bertz CT molecular complexity index is 956. The molecule has 2 aromatic heterocycles. The molecule has 9 nitrogen and oxygen atoms in total. The zero-order chi connectivity index (χ0) is 19.9. The Hall–Kier alpha value is -2.20. The lowest BCUT2D eigenvalue weighted by Crippen LogP contribution is -2.38. The molecule has 1 aliphatic heterocycles. The second kappa shape index (κ2) is 7.08. The van der Waals surface area contributed by atoms with Crippen LogP contribution in [0.1, 0.15) is 39.6 Å². The summed E-state index contributed by atoms with van der Waals surface area (Å²) in [5.41, 5.74) is 3.11. The van der Waals surface area contributed by atoms with Gasteiger partial charge in [-0.25, -0.2) is 8.42 Å². The van der Waals surface area contributed by atoms with Crippen molar-refractivity contribution in [3.05, 3.63) is 28.3 Å². The summed E-state index contributed by atoms with van der Waals surface area (Å²) in [6.07, 6.45) is 0.583. The van der Waals surface area contributed by atoms with Gasteiger partial charge in [0, 0.05) is 38.9 Å². The smallest absolute Gasteiger partial charge is 0.257 e. The fourth-order valence-corrected chi connectivity index (χ4v) is 5.43. The third-order valence-corrected chi connectivity index (χ3v) is 7.29. The van der Waals surface area contributed by atoms with Gasteiger partial charge in [-0.2, -0.15) is 14.5 Å². The molecule has 1 fully saturated rings. The SMILES string of the molecule is Cc1nn(C)c(C)c1C(=O)N1CCCN(S(=O)(=O)c2c(C)n[nH]c2C)CC1. The van der Waals surface area contributed by atoms with E-state index in [-0.39, 0.29) is 17.3 Å². The highest BCUT2D eigenvalue weighted by atomic mass is 32.2. The van der Waals surface area contributed by atoms with Crippen LogP contribution < -0.4 is 0 Å². The monoisotopic (exact) mass is 394 g/mol. The van der Waals surface area contributed by atoms with Crippen molar-refractivity contribution in [2.24, 2.45) is 7.05 Å². The van der Waals surface area contributed by atoms with Gasteiger partial charge >= 0.3 is 0 Å². The molecule has 1 amide bonds. The van der Waals surface area contributed by atoms with Gasteiger partial charge in [0.25, 0.3) is 5.91 Å². The van der Waals surface area contributed by atoms with Gasteiger partial charge in [0.1, 0.15) is 4.90 Å². The summed E-state index contributed by atoms with van der Waals surface area (Å²) in [5.74, 6) is -0.0898. The molecule has 0 radical (unpaired) electrons. The van der Waals surface area contributed by atoms with Crippen LogP contribution in [0.25, 0.3) is 0 Å². The molecule has 3 rings (SSSR count). The number of sulfonamides is 1. The zero-order valence-electron chi connectivity index (χ0n) is 16.4. The molecule has 0 spiro atoms. The van der Waals surface area contributed by atoms with Gasteiger partial charge in [0.15, 0.2) is 0 Å². The van der Waals surface area contributed by atoms with E-state index in [0.29, 0.717) is 48.7 Å². The summed E-state index contributed by atoms with van der Waals surface area (Å²) in [7, 11) is -1.83. The van der Waals surface area contributed by atoms with Gasteiger partial charge in [0.2, 0.25) is 10.0 Å². The third-order valence-electron chi connectivity index (χ3n) is 5.12. The molecule has 3 heterocycles. The van der Waals surface area contributed by atoms with Gasteiger partial charge in [-0.05, 0) is 34.1 Å². The van der Waals surface area contributed by atoms with Crippen LogP contribution in [0.2, 0.25) is 0 Å². The number of nitrogens with one attached hydrogen (secondary N) is 1. The number of aromatic amines is 1. The maximum absolute atomic E-state index is 13.1. The molecule has 1 N–H and O–H groups in total. The summed E-state index contributed by atoms with van der Waals surface area (Å²) in [4.78, 5) is 15.0. The quantitative estimate of drug-likeness (QED) is 0.833. The number of carbonyl (C=O) groups is 1. The highest BCUT2D eigenvalue weighted by Crippen LogP contribution is 2.23. The maximum atomic E-state index is 13.1. The number of aryl methyl sites for hydroxylation is 4. The molecule has 0 bridgehead atoms. The fourth-order valence-electron chi connectivity index (χ4n) is 3.63. The lowest BCUT2D eigenvalue weighted by atomic mass is 10.1. The molecule has 10 heteroatoms. The van der Waals surface area contributed by atoms with Crippen LogP contribution >= 0.6 is 0 Å². The van der Waals surface area contributed by atoms with Gasteiger partial charge in [-0.1, -0.05) is 0 Å². The van der Waals surface area contributed by atoms with Crippen molar-refractivity contribution in [1.29, 1.82) is 0 Å². The average Bonchev–Trinajstić information content (AvgIpc) is 2.93.